The summed E-state index contributed by atoms with van der Waals surface area (Å²) in [6, 6.07) is 19.7. The molecule has 0 unspecified atom stereocenters. The number of hydrogen-bond acceptors (Lipinski definition) is 9. The third-order valence-corrected chi connectivity index (χ3v) is 7.86. The first-order valence-corrected chi connectivity index (χ1v) is 15.2. The van der Waals surface area contributed by atoms with E-state index in [-0.39, 0.29) is 25.3 Å². The van der Waals surface area contributed by atoms with Gasteiger partial charge in [-0.3, -0.25) is 14.9 Å². The van der Waals surface area contributed by atoms with Crippen LogP contribution in [-0.4, -0.2) is 58.8 Å². The lowest BCUT2D eigenvalue weighted by Gasteiger charge is -2.30. The Balaban J connectivity index is 1.41. The predicted molar refractivity (Wildman–Crippen MR) is 161 cm³/mol. The van der Waals surface area contributed by atoms with Gasteiger partial charge >= 0.3 is 12.2 Å². The molecule has 0 bridgehead atoms. The summed E-state index contributed by atoms with van der Waals surface area (Å²) in [5.41, 5.74) is 5.65. The molecule has 0 aliphatic rings. The SMILES string of the molecule is CCN(C[C@@H](Cc1ccccc1)NC(=O)OCc1cncs1)C[C@H](Cc1ccccc1)NC(=O)OCc1cncs1. The van der Waals surface area contributed by atoms with Gasteiger partial charge in [0.2, 0.25) is 0 Å². The highest BCUT2D eigenvalue weighted by Gasteiger charge is 2.22. The maximum absolute atomic E-state index is 12.7. The summed E-state index contributed by atoms with van der Waals surface area (Å²) >= 11 is 2.89. The smallest absolute Gasteiger partial charge is 0.407 e. The van der Waals surface area contributed by atoms with E-state index >= 15 is 0 Å². The second kappa shape index (κ2) is 16.5. The first-order valence-electron chi connectivity index (χ1n) is 13.5. The van der Waals surface area contributed by atoms with Gasteiger partial charge in [0.05, 0.1) is 20.8 Å². The molecule has 2 aromatic heterocycles. The van der Waals surface area contributed by atoms with Gasteiger partial charge in [-0.05, 0) is 30.5 Å². The Morgan fingerprint density at radius 1 is 0.756 bits per heavy atom. The maximum atomic E-state index is 12.7. The molecule has 4 rings (SSSR count). The van der Waals surface area contributed by atoms with E-state index < -0.39 is 12.2 Å². The normalized spacial score (nSPS) is 12.4. The summed E-state index contributed by atoms with van der Waals surface area (Å²) in [7, 11) is 0. The molecule has 9 nitrogen and oxygen atoms in total. The number of carbonyl (C=O) groups excluding carboxylic acids is 2. The Kier molecular flexibility index (Phi) is 12.1. The van der Waals surface area contributed by atoms with E-state index in [1.165, 1.54) is 22.7 Å². The largest absolute Gasteiger partial charge is 0.444 e. The third-order valence-electron chi connectivity index (χ3n) is 6.36. The summed E-state index contributed by atoms with van der Waals surface area (Å²) in [5.74, 6) is 0. The molecule has 0 spiro atoms. The van der Waals surface area contributed by atoms with Crippen LogP contribution < -0.4 is 10.6 Å². The molecule has 2 aromatic carbocycles. The Labute approximate surface area is 248 Å². The average molecular weight is 594 g/mol. The van der Waals surface area contributed by atoms with Crippen molar-refractivity contribution in [1.29, 1.82) is 0 Å². The van der Waals surface area contributed by atoms with Gasteiger partial charge < -0.3 is 20.1 Å². The number of carbonyl (C=O) groups is 2. The van der Waals surface area contributed by atoms with Gasteiger partial charge in [0.25, 0.3) is 0 Å². The van der Waals surface area contributed by atoms with Gasteiger partial charge in [0, 0.05) is 37.6 Å². The van der Waals surface area contributed by atoms with Crippen molar-refractivity contribution in [2.24, 2.45) is 0 Å². The zero-order chi connectivity index (χ0) is 28.7. The summed E-state index contributed by atoms with van der Waals surface area (Å²) in [6.07, 6.45) is 3.73. The maximum Gasteiger partial charge on any atom is 0.407 e. The predicted octanol–water partition coefficient (Wildman–Crippen LogP) is 5.30. The zero-order valence-electron chi connectivity index (χ0n) is 23.0. The van der Waals surface area contributed by atoms with E-state index in [4.69, 9.17) is 9.47 Å². The van der Waals surface area contributed by atoms with E-state index in [0.717, 1.165) is 27.4 Å². The van der Waals surface area contributed by atoms with Crippen molar-refractivity contribution in [3.8, 4) is 0 Å². The molecule has 4 aromatic rings. The lowest BCUT2D eigenvalue weighted by atomic mass is 10.0. The second-order valence-electron chi connectivity index (χ2n) is 9.50. The number of thiazole rings is 2. The average Bonchev–Trinajstić information content (AvgIpc) is 3.70. The Bertz CT molecular complexity index is 1190. The third kappa shape index (κ3) is 10.9. The fourth-order valence-corrected chi connectivity index (χ4v) is 5.40. The first kappa shape index (κ1) is 30.2. The fraction of sp³-hybridized carbons (Fsp3) is 0.333. The molecular weight excluding hydrogens is 558 g/mol. The Hall–Kier alpha value is -3.80. The molecule has 11 heteroatoms. The van der Waals surface area contributed by atoms with Crippen molar-refractivity contribution in [2.75, 3.05) is 19.6 Å². The first-order chi connectivity index (χ1) is 20.1. The topological polar surface area (TPSA) is 106 Å². The van der Waals surface area contributed by atoms with E-state index in [9.17, 15) is 9.59 Å². The summed E-state index contributed by atoms with van der Waals surface area (Å²) in [6.45, 7) is 4.31. The van der Waals surface area contributed by atoms with E-state index in [2.05, 4.69) is 32.4 Å². The van der Waals surface area contributed by atoms with Crippen molar-refractivity contribution in [2.45, 2.75) is 45.1 Å². The lowest BCUT2D eigenvalue weighted by molar-refractivity contribution is 0.127. The van der Waals surface area contributed by atoms with Crippen LogP contribution in [0.25, 0.3) is 0 Å². The number of benzene rings is 2. The van der Waals surface area contributed by atoms with Gasteiger partial charge in [0.1, 0.15) is 13.2 Å². The van der Waals surface area contributed by atoms with E-state index in [0.29, 0.717) is 25.9 Å². The highest BCUT2D eigenvalue weighted by atomic mass is 32.1. The molecule has 0 saturated heterocycles. The molecule has 2 heterocycles. The van der Waals surface area contributed by atoms with Gasteiger partial charge in [-0.2, -0.15) is 0 Å². The van der Waals surface area contributed by atoms with Gasteiger partial charge in [-0.15, -0.1) is 22.7 Å². The Morgan fingerprint density at radius 3 is 1.56 bits per heavy atom. The number of nitrogens with one attached hydrogen (secondary N) is 2. The number of likely N-dealkylation sites (N-methyl/N-ethyl adjacent to an activating group) is 1. The summed E-state index contributed by atoms with van der Waals surface area (Å²) in [5, 5.41) is 6.11. The number of amides is 2. The quantitative estimate of drug-likeness (QED) is 0.193. The van der Waals surface area contributed by atoms with Crippen molar-refractivity contribution < 1.29 is 19.1 Å². The van der Waals surface area contributed by atoms with Gasteiger partial charge in [0.15, 0.2) is 0 Å². The molecule has 2 amide bonds. The number of alkyl carbamates (subject to hydrolysis) is 2. The van der Waals surface area contributed by atoms with E-state index in [1.807, 2.05) is 60.7 Å². The molecule has 2 atom stereocenters. The number of hydrogen-bond donors (Lipinski definition) is 2. The monoisotopic (exact) mass is 593 g/mol. The minimum absolute atomic E-state index is 0.179. The van der Waals surface area contributed by atoms with Crippen LogP contribution in [0.1, 0.15) is 27.8 Å². The Morgan fingerprint density at radius 2 is 1.20 bits per heavy atom. The molecule has 0 radical (unpaired) electrons. The standard InChI is InChI=1S/C30H35N5O4S2/c1-2-35(17-25(13-23-9-5-3-6-10-23)33-29(36)38-19-27-15-31-21-40-27)18-26(14-24-11-7-4-8-12-24)34-30(37)39-20-28-16-32-22-41-28/h3-12,15-16,21-22,25-26H,2,13-14,17-20H2,1H3,(H,33,36)(H,34,37)/t25-,26+. The molecule has 2 N–H and O–H groups in total. The minimum Gasteiger partial charge on any atom is -0.444 e. The van der Waals surface area contributed by atoms with Crippen molar-refractivity contribution >= 4 is 34.9 Å². The van der Waals surface area contributed by atoms with Gasteiger partial charge in [-0.1, -0.05) is 67.6 Å². The van der Waals surface area contributed by atoms with Crippen molar-refractivity contribution in [1.82, 2.24) is 25.5 Å². The zero-order valence-corrected chi connectivity index (χ0v) is 24.6. The molecule has 0 aliphatic heterocycles. The molecule has 0 aliphatic carbocycles. The van der Waals surface area contributed by atoms with Gasteiger partial charge in [-0.25, -0.2) is 9.59 Å². The molecular formula is C30H35N5O4S2. The minimum atomic E-state index is -0.471. The van der Waals surface area contributed by atoms with E-state index in [1.54, 1.807) is 23.4 Å². The number of ether oxygens (including phenoxy) is 2. The van der Waals surface area contributed by atoms with Crippen LogP contribution in [0.15, 0.2) is 84.1 Å². The van der Waals surface area contributed by atoms with Crippen LogP contribution in [0.3, 0.4) is 0 Å². The van der Waals surface area contributed by atoms with Crippen molar-refractivity contribution in [3.63, 3.8) is 0 Å². The lowest BCUT2D eigenvalue weighted by Crippen LogP contribution is -2.50. The van der Waals surface area contributed by atoms with Crippen LogP contribution in [0.2, 0.25) is 0 Å². The highest BCUT2D eigenvalue weighted by Crippen LogP contribution is 2.11. The number of aromatic nitrogens is 2. The van der Waals surface area contributed by atoms with Crippen LogP contribution in [0, 0.1) is 0 Å². The van der Waals surface area contributed by atoms with Crippen molar-refractivity contribution in [3.05, 3.63) is 105 Å². The summed E-state index contributed by atoms with van der Waals surface area (Å²) in [4.78, 5) is 37.5. The van der Waals surface area contributed by atoms with Crippen LogP contribution >= 0.6 is 22.7 Å². The van der Waals surface area contributed by atoms with Crippen LogP contribution in [-0.2, 0) is 35.5 Å². The van der Waals surface area contributed by atoms with Crippen LogP contribution in [0.5, 0.6) is 0 Å². The highest BCUT2D eigenvalue weighted by molar-refractivity contribution is 7.09. The van der Waals surface area contributed by atoms with Crippen LogP contribution in [0.4, 0.5) is 9.59 Å². The molecule has 0 fully saturated rings. The molecule has 216 valence electrons. The fourth-order valence-electron chi connectivity index (χ4n) is 4.39. The molecule has 41 heavy (non-hydrogen) atoms. The molecule has 0 saturated carbocycles. The number of nitrogens with zero attached hydrogens (tertiary/aromatic N) is 3. The second-order valence-corrected chi connectivity index (χ2v) is 11.4. The summed E-state index contributed by atoms with van der Waals surface area (Å²) < 4.78 is 10.9. The number of rotatable bonds is 15.